The molecule has 0 bridgehead atoms. The summed E-state index contributed by atoms with van der Waals surface area (Å²) < 4.78 is 2.12. The largest absolute Gasteiger partial charge is 0.368 e. The van der Waals surface area contributed by atoms with Gasteiger partial charge in [0.2, 0.25) is 5.91 Å². The van der Waals surface area contributed by atoms with Crippen molar-refractivity contribution in [1.29, 1.82) is 0 Å². The van der Waals surface area contributed by atoms with Gasteiger partial charge in [0, 0.05) is 29.3 Å². The number of primary amides is 1. The maximum absolute atomic E-state index is 13.3. The van der Waals surface area contributed by atoms with Crippen molar-refractivity contribution in [3.8, 4) is 5.69 Å². The number of aryl methyl sites for hydroxylation is 2. The van der Waals surface area contributed by atoms with E-state index in [0.29, 0.717) is 12.1 Å². The van der Waals surface area contributed by atoms with E-state index in [-0.39, 0.29) is 17.9 Å². The van der Waals surface area contributed by atoms with Crippen LogP contribution in [0, 0.1) is 20.8 Å². The SMILES string of the molecule is Cc1ccccc1-n1c(C)cc(C(=O)Nc2ccccc2CN2CCCC2C(N)=O)c1C. The second kappa shape index (κ2) is 9.01. The lowest BCUT2D eigenvalue weighted by Crippen LogP contribution is -2.39. The van der Waals surface area contributed by atoms with Crippen LogP contribution in [0.4, 0.5) is 5.69 Å². The van der Waals surface area contributed by atoms with Crippen LogP contribution in [-0.2, 0) is 11.3 Å². The van der Waals surface area contributed by atoms with Crippen LogP contribution in [-0.4, -0.2) is 33.9 Å². The summed E-state index contributed by atoms with van der Waals surface area (Å²) in [5.41, 5.74) is 12.1. The molecule has 1 aliphatic heterocycles. The highest BCUT2D eigenvalue weighted by molar-refractivity contribution is 6.05. The summed E-state index contributed by atoms with van der Waals surface area (Å²) in [5, 5.41) is 3.10. The number of anilines is 1. The maximum atomic E-state index is 13.3. The molecule has 2 aromatic carbocycles. The van der Waals surface area contributed by atoms with E-state index in [9.17, 15) is 9.59 Å². The van der Waals surface area contributed by atoms with Gasteiger partial charge in [-0.25, -0.2) is 0 Å². The summed E-state index contributed by atoms with van der Waals surface area (Å²) in [7, 11) is 0. The molecule has 6 nitrogen and oxygen atoms in total. The first-order valence-electron chi connectivity index (χ1n) is 11.0. The monoisotopic (exact) mass is 430 g/mol. The average molecular weight is 431 g/mol. The predicted molar refractivity (Wildman–Crippen MR) is 127 cm³/mol. The van der Waals surface area contributed by atoms with E-state index in [1.165, 1.54) is 0 Å². The fraction of sp³-hybridized carbons (Fsp3) is 0.308. The van der Waals surface area contributed by atoms with Crippen LogP contribution in [0.2, 0.25) is 0 Å². The second-order valence-corrected chi connectivity index (χ2v) is 8.55. The first-order chi connectivity index (χ1) is 15.4. The van der Waals surface area contributed by atoms with Gasteiger partial charge in [-0.1, -0.05) is 36.4 Å². The van der Waals surface area contributed by atoms with Gasteiger partial charge in [-0.15, -0.1) is 0 Å². The number of hydrogen-bond acceptors (Lipinski definition) is 3. The number of likely N-dealkylation sites (tertiary alicyclic amines) is 1. The number of benzene rings is 2. The molecule has 0 saturated carbocycles. The van der Waals surface area contributed by atoms with E-state index in [1.807, 2.05) is 56.3 Å². The minimum atomic E-state index is -0.285. The quantitative estimate of drug-likeness (QED) is 0.618. The fourth-order valence-corrected chi connectivity index (χ4v) is 4.70. The highest BCUT2D eigenvalue weighted by Gasteiger charge is 2.29. The predicted octanol–water partition coefficient (Wildman–Crippen LogP) is 4.10. The van der Waals surface area contributed by atoms with E-state index < -0.39 is 0 Å². The van der Waals surface area contributed by atoms with Crippen molar-refractivity contribution in [1.82, 2.24) is 9.47 Å². The van der Waals surface area contributed by atoms with E-state index in [1.54, 1.807) is 0 Å². The van der Waals surface area contributed by atoms with Gasteiger partial charge in [0.1, 0.15) is 0 Å². The molecule has 2 amide bonds. The van der Waals surface area contributed by atoms with Crippen molar-refractivity contribution in [2.45, 2.75) is 46.2 Å². The molecule has 0 radical (unpaired) electrons. The van der Waals surface area contributed by atoms with E-state index in [0.717, 1.165) is 53.3 Å². The molecule has 4 rings (SSSR count). The highest BCUT2D eigenvalue weighted by Crippen LogP contribution is 2.26. The van der Waals surface area contributed by atoms with Crippen LogP contribution in [0.15, 0.2) is 54.6 Å². The maximum Gasteiger partial charge on any atom is 0.257 e. The Hall–Kier alpha value is -3.38. The van der Waals surface area contributed by atoms with Gasteiger partial charge < -0.3 is 15.6 Å². The van der Waals surface area contributed by atoms with Crippen LogP contribution < -0.4 is 11.1 Å². The van der Waals surface area contributed by atoms with E-state index >= 15 is 0 Å². The standard InChI is InChI=1S/C26H30N4O2/c1-17-9-4-7-12-23(17)30-18(2)15-21(19(30)3)26(32)28-22-11-6-5-10-20(22)16-29-14-8-13-24(29)25(27)31/h4-7,9-12,15,24H,8,13-14,16H2,1-3H3,(H2,27,31)(H,28,32). The molecule has 3 aromatic rings. The summed E-state index contributed by atoms with van der Waals surface area (Å²) in [6.07, 6.45) is 1.74. The molecule has 3 N–H and O–H groups in total. The molecule has 32 heavy (non-hydrogen) atoms. The topological polar surface area (TPSA) is 80.4 Å². The highest BCUT2D eigenvalue weighted by atomic mass is 16.2. The first kappa shape index (κ1) is 21.8. The summed E-state index contributed by atoms with van der Waals surface area (Å²) in [6.45, 7) is 7.46. The zero-order valence-corrected chi connectivity index (χ0v) is 18.9. The minimum absolute atomic E-state index is 0.141. The second-order valence-electron chi connectivity index (χ2n) is 8.55. The fourth-order valence-electron chi connectivity index (χ4n) is 4.70. The van der Waals surface area contributed by atoms with Crippen LogP contribution in [0.25, 0.3) is 5.69 Å². The summed E-state index contributed by atoms with van der Waals surface area (Å²) in [4.78, 5) is 27.1. The normalized spacial score (nSPS) is 16.3. The number of aromatic nitrogens is 1. The zero-order chi connectivity index (χ0) is 22.8. The molecular weight excluding hydrogens is 400 g/mol. The van der Waals surface area contributed by atoms with Crippen molar-refractivity contribution < 1.29 is 9.59 Å². The molecule has 2 heterocycles. The summed E-state index contributed by atoms with van der Waals surface area (Å²) >= 11 is 0. The number of nitrogens with one attached hydrogen (secondary N) is 1. The molecule has 6 heteroatoms. The van der Waals surface area contributed by atoms with Crippen molar-refractivity contribution in [3.63, 3.8) is 0 Å². The Labute approximate surface area is 189 Å². The lowest BCUT2D eigenvalue weighted by atomic mass is 10.1. The first-order valence-corrected chi connectivity index (χ1v) is 11.0. The minimum Gasteiger partial charge on any atom is -0.368 e. The number of rotatable bonds is 6. The molecule has 0 aliphatic carbocycles. The lowest BCUT2D eigenvalue weighted by Gasteiger charge is -2.23. The van der Waals surface area contributed by atoms with Crippen LogP contribution in [0.3, 0.4) is 0 Å². The van der Waals surface area contributed by atoms with Gasteiger partial charge in [0.05, 0.1) is 11.6 Å². The number of amides is 2. The molecular formula is C26H30N4O2. The summed E-state index contributed by atoms with van der Waals surface area (Å²) in [5.74, 6) is -0.425. The number of nitrogens with zero attached hydrogens (tertiary/aromatic N) is 2. The molecule has 0 spiro atoms. The Kier molecular flexibility index (Phi) is 6.15. The molecule has 1 aromatic heterocycles. The van der Waals surface area contributed by atoms with Gasteiger partial charge in [0.25, 0.3) is 5.91 Å². The van der Waals surface area contributed by atoms with Crippen molar-refractivity contribution >= 4 is 17.5 Å². The third kappa shape index (κ3) is 4.18. The molecule has 1 aliphatic rings. The number of nitrogens with two attached hydrogens (primary N) is 1. The lowest BCUT2D eigenvalue weighted by molar-refractivity contribution is -0.122. The molecule has 1 atom stereocenters. The Morgan fingerprint density at radius 1 is 1.06 bits per heavy atom. The Bertz CT molecular complexity index is 1160. The number of hydrogen-bond donors (Lipinski definition) is 2. The average Bonchev–Trinajstić information content (AvgIpc) is 3.34. The smallest absolute Gasteiger partial charge is 0.257 e. The van der Waals surface area contributed by atoms with Crippen LogP contribution >= 0.6 is 0 Å². The number of para-hydroxylation sites is 2. The third-order valence-electron chi connectivity index (χ3n) is 6.36. The van der Waals surface area contributed by atoms with E-state index in [2.05, 4.69) is 33.8 Å². The van der Waals surface area contributed by atoms with Gasteiger partial charge in [-0.05, 0) is 69.5 Å². The van der Waals surface area contributed by atoms with Crippen molar-refractivity contribution in [2.24, 2.45) is 5.73 Å². The number of carbonyl (C=O) groups is 2. The van der Waals surface area contributed by atoms with Gasteiger partial charge >= 0.3 is 0 Å². The Morgan fingerprint density at radius 2 is 1.78 bits per heavy atom. The van der Waals surface area contributed by atoms with Gasteiger partial charge in [-0.2, -0.15) is 0 Å². The van der Waals surface area contributed by atoms with Crippen LogP contribution in [0.1, 0.15) is 45.7 Å². The van der Waals surface area contributed by atoms with Crippen LogP contribution in [0.5, 0.6) is 0 Å². The molecule has 1 saturated heterocycles. The van der Waals surface area contributed by atoms with E-state index in [4.69, 9.17) is 5.73 Å². The Balaban J connectivity index is 1.59. The van der Waals surface area contributed by atoms with Gasteiger partial charge in [0.15, 0.2) is 0 Å². The third-order valence-corrected chi connectivity index (χ3v) is 6.36. The summed E-state index contributed by atoms with van der Waals surface area (Å²) in [6, 6.07) is 17.6. The van der Waals surface area contributed by atoms with Crippen molar-refractivity contribution in [3.05, 3.63) is 82.7 Å². The molecule has 1 fully saturated rings. The van der Waals surface area contributed by atoms with Gasteiger partial charge in [-0.3, -0.25) is 14.5 Å². The van der Waals surface area contributed by atoms with Crippen molar-refractivity contribution in [2.75, 3.05) is 11.9 Å². The Morgan fingerprint density at radius 3 is 2.53 bits per heavy atom. The molecule has 166 valence electrons. The molecule has 1 unspecified atom stereocenters. The zero-order valence-electron chi connectivity index (χ0n) is 18.9. The number of carbonyl (C=O) groups excluding carboxylic acids is 2.